The van der Waals surface area contributed by atoms with E-state index in [4.69, 9.17) is 5.11 Å². The Morgan fingerprint density at radius 2 is 2.00 bits per heavy atom. The number of aliphatic carboxylic acids is 1. The first-order valence-electron chi connectivity index (χ1n) is 5.78. The number of carboxylic acid groups (broad SMARTS) is 1. The average molecular weight is 267 g/mol. The van der Waals surface area contributed by atoms with Crippen molar-refractivity contribution in [3.8, 4) is 0 Å². The second-order valence-corrected chi connectivity index (χ2v) is 4.62. The summed E-state index contributed by atoms with van der Waals surface area (Å²) in [5.74, 6) is -1.62. The van der Waals surface area contributed by atoms with Crippen LogP contribution in [0.2, 0.25) is 0 Å². The summed E-state index contributed by atoms with van der Waals surface area (Å²) in [4.78, 5) is 49.0. The monoisotopic (exact) mass is 267 g/mol. The summed E-state index contributed by atoms with van der Waals surface area (Å²) in [6, 6.07) is 0.949. The third kappa shape index (κ3) is 2.56. The molecule has 1 fully saturated rings. The lowest BCUT2D eigenvalue weighted by atomic mass is 9.69. The fraction of sp³-hybridized carbons (Fsp3) is 0.455. The predicted molar refractivity (Wildman–Crippen MR) is 63.9 cm³/mol. The Hall–Kier alpha value is -2.38. The van der Waals surface area contributed by atoms with E-state index in [1.54, 1.807) is 0 Å². The Kier molecular flexibility index (Phi) is 3.24. The normalized spacial score (nSPS) is 16.4. The van der Waals surface area contributed by atoms with Crippen molar-refractivity contribution in [1.82, 2.24) is 15.3 Å². The van der Waals surface area contributed by atoms with Crippen LogP contribution in [0.15, 0.2) is 15.7 Å². The Morgan fingerprint density at radius 1 is 1.32 bits per heavy atom. The van der Waals surface area contributed by atoms with Crippen molar-refractivity contribution in [2.45, 2.75) is 19.3 Å². The number of carboxylic acids is 1. The van der Waals surface area contributed by atoms with E-state index in [0.29, 0.717) is 12.8 Å². The van der Waals surface area contributed by atoms with Crippen LogP contribution in [0, 0.1) is 5.41 Å². The maximum Gasteiger partial charge on any atom is 0.326 e. The summed E-state index contributed by atoms with van der Waals surface area (Å²) in [7, 11) is 0. The molecule has 0 unspecified atom stereocenters. The molecule has 0 spiro atoms. The molecule has 1 saturated carbocycles. The van der Waals surface area contributed by atoms with Gasteiger partial charge in [-0.3, -0.25) is 19.4 Å². The molecule has 8 heteroatoms. The number of rotatable bonds is 4. The fourth-order valence-electron chi connectivity index (χ4n) is 2.01. The van der Waals surface area contributed by atoms with Gasteiger partial charge in [0.25, 0.3) is 11.5 Å². The second-order valence-electron chi connectivity index (χ2n) is 4.62. The van der Waals surface area contributed by atoms with E-state index in [1.807, 2.05) is 4.98 Å². The number of hydrogen-bond acceptors (Lipinski definition) is 4. The number of hydrogen-bond donors (Lipinski definition) is 4. The van der Waals surface area contributed by atoms with Crippen LogP contribution in [-0.2, 0) is 4.79 Å². The third-order valence-corrected chi connectivity index (χ3v) is 3.36. The molecule has 0 saturated heterocycles. The number of aromatic nitrogens is 2. The van der Waals surface area contributed by atoms with Crippen molar-refractivity contribution in [3.63, 3.8) is 0 Å². The molecule has 8 nitrogen and oxygen atoms in total. The van der Waals surface area contributed by atoms with E-state index >= 15 is 0 Å². The number of H-pyrrole nitrogens is 2. The van der Waals surface area contributed by atoms with E-state index < -0.39 is 28.5 Å². The van der Waals surface area contributed by atoms with Gasteiger partial charge in [-0.25, -0.2) is 4.79 Å². The number of carbonyl (C=O) groups excluding carboxylic acids is 1. The van der Waals surface area contributed by atoms with Crippen molar-refractivity contribution in [2.24, 2.45) is 5.41 Å². The van der Waals surface area contributed by atoms with Gasteiger partial charge < -0.3 is 15.4 Å². The van der Waals surface area contributed by atoms with Crippen LogP contribution in [-0.4, -0.2) is 33.5 Å². The van der Waals surface area contributed by atoms with Crippen LogP contribution in [0.25, 0.3) is 0 Å². The van der Waals surface area contributed by atoms with Crippen LogP contribution in [0.5, 0.6) is 0 Å². The van der Waals surface area contributed by atoms with Gasteiger partial charge >= 0.3 is 11.7 Å². The van der Waals surface area contributed by atoms with Crippen molar-refractivity contribution in [1.29, 1.82) is 0 Å². The molecule has 0 bridgehead atoms. The molecule has 19 heavy (non-hydrogen) atoms. The first-order chi connectivity index (χ1) is 8.93. The Labute approximate surface area is 106 Å². The van der Waals surface area contributed by atoms with Gasteiger partial charge in [0.15, 0.2) is 0 Å². The lowest BCUT2D eigenvalue weighted by molar-refractivity contribution is -0.153. The molecule has 1 aromatic heterocycles. The van der Waals surface area contributed by atoms with Crippen LogP contribution >= 0.6 is 0 Å². The third-order valence-electron chi connectivity index (χ3n) is 3.36. The highest BCUT2D eigenvalue weighted by Crippen LogP contribution is 2.40. The minimum absolute atomic E-state index is 0.0179. The summed E-state index contributed by atoms with van der Waals surface area (Å²) in [5, 5.41) is 11.5. The fourth-order valence-corrected chi connectivity index (χ4v) is 2.01. The molecular weight excluding hydrogens is 254 g/mol. The lowest BCUT2D eigenvalue weighted by Crippen LogP contribution is -2.48. The van der Waals surface area contributed by atoms with E-state index in [-0.39, 0.29) is 12.2 Å². The molecular formula is C11H13N3O5. The highest BCUT2D eigenvalue weighted by Gasteiger charge is 2.44. The van der Waals surface area contributed by atoms with E-state index in [9.17, 15) is 19.2 Å². The quantitative estimate of drug-likeness (QED) is 0.558. The minimum Gasteiger partial charge on any atom is -0.481 e. The first-order valence-corrected chi connectivity index (χ1v) is 5.78. The maximum absolute atomic E-state index is 11.7. The molecule has 1 aliphatic carbocycles. The number of aromatic amines is 2. The molecule has 2 rings (SSSR count). The smallest absolute Gasteiger partial charge is 0.326 e. The predicted octanol–water partition coefficient (Wildman–Crippen LogP) is -0.952. The molecule has 1 aliphatic rings. The molecule has 102 valence electrons. The summed E-state index contributed by atoms with van der Waals surface area (Å²) >= 11 is 0. The Balaban J connectivity index is 2.07. The summed E-state index contributed by atoms with van der Waals surface area (Å²) in [6.07, 6.45) is 1.83. The second kappa shape index (κ2) is 4.71. The largest absolute Gasteiger partial charge is 0.481 e. The van der Waals surface area contributed by atoms with Crippen molar-refractivity contribution < 1.29 is 14.7 Å². The standard InChI is InChI=1S/C11H13N3O5/c15-7-4-6(13-10(19)14-7)8(16)12-5-11(9(17)18)2-1-3-11/h4H,1-3,5H2,(H,12,16)(H,17,18)(H2,13,14,15,19). The first kappa shape index (κ1) is 13.1. The van der Waals surface area contributed by atoms with Gasteiger partial charge in [0, 0.05) is 12.6 Å². The van der Waals surface area contributed by atoms with Gasteiger partial charge in [-0.2, -0.15) is 0 Å². The van der Waals surface area contributed by atoms with Crippen LogP contribution in [0.3, 0.4) is 0 Å². The molecule has 0 radical (unpaired) electrons. The molecule has 1 heterocycles. The van der Waals surface area contributed by atoms with Gasteiger partial charge in [0.05, 0.1) is 5.41 Å². The average Bonchev–Trinajstić information content (AvgIpc) is 2.25. The molecule has 0 aromatic carbocycles. The van der Waals surface area contributed by atoms with E-state index in [1.165, 1.54) is 0 Å². The van der Waals surface area contributed by atoms with Gasteiger partial charge in [-0.1, -0.05) is 6.42 Å². The SMILES string of the molecule is O=C(NCC1(C(=O)O)CCC1)c1cc(=O)[nH]c(=O)[nH]1. The van der Waals surface area contributed by atoms with Crippen molar-refractivity contribution >= 4 is 11.9 Å². The Morgan fingerprint density at radius 3 is 2.47 bits per heavy atom. The Bertz CT molecular complexity index is 597. The number of carbonyl (C=O) groups is 2. The van der Waals surface area contributed by atoms with Gasteiger partial charge in [0.1, 0.15) is 5.69 Å². The summed E-state index contributed by atoms with van der Waals surface area (Å²) in [6.45, 7) is -0.0179. The zero-order chi connectivity index (χ0) is 14.0. The summed E-state index contributed by atoms with van der Waals surface area (Å²) in [5.41, 5.74) is -2.58. The van der Waals surface area contributed by atoms with Crippen molar-refractivity contribution in [3.05, 3.63) is 32.6 Å². The molecule has 0 atom stereocenters. The number of nitrogens with one attached hydrogen (secondary N) is 3. The maximum atomic E-state index is 11.7. The van der Waals surface area contributed by atoms with Gasteiger partial charge in [-0.05, 0) is 12.8 Å². The van der Waals surface area contributed by atoms with Gasteiger partial charge in [-0.15, -0.1) is 0 Å². The zero-order valence-electron chi connectivity index (χ0n) is 9.99. The lowest BCUT2D eigenvalue weighted by Gasteiger charge is -2.37. The minimum atomic E-state index is -0.946. The summed E-state index contributed by atoms with van der Waals surface area (Å²) < 4.78 is 0. The van der Waals surface area contributed by atoms with Gasteiger partial charge in [0.2, 0.25) is 0 Å². The molecule has 4 N–H and O–H groups in total. The van der Waals surface area contributed by atoms with Crippen LogP contribution < -0.4 is 16.6 Å². The molecule has 1 amide bonds. The zero-order valence-corrected chi connectivity index (χ0v) is 9.99. The number of amides is 1. The highest BCUT2D eigenvalue weighted by molar-refractivity contribution is 5.92. The highest BCUT2D eigenvalue weighted by atomic mass is 16.4. The molecule has 0 aliphatic heterocycles. The van der Waals surface area contributed by atoms with E-state index in [0.717, 1.165) is 12.5 Å². The van der Waals surface area contributed by atoms with Crippen molar-refractivity contribution in [2.75, 3.05) is 6.54 Å². The van der Waals surface area contributed by atoms with Crippen LogP contribution in [0.1, 0.15) is 29.8 Å². The molecule has 1 aromatic rings. The van der Waals surface area contributed by atoms with Crippen LogP contribution in [0.4, 0.5) is 0 Å². The van der Waals surface area contributed by atoms with E-state index in [2.05, 4.69) is 10.3 Å². The topological polar surface area (TPSA) is 132 Å².